The van der Waals surface area contributed by atoms with Crippen molar-refractivity contribution < 1.29 is 27.5 Å². The number of anilines is 1. The first-order chi connectivity index (χ1) is 9.26. The lowest BCUT2D eigenvalue weighted by atomic mass is 10.2. The molecule has 1 heterocycles. The molecule has 108 valence electrons. The molecule has 0 aliphatic carbocycles. The Balaban J connectivity index is 2.27. The minimum absolute atomic E-state index is 0.0806. The summed E-state index contributed by atoms with van der Waals surface area (Å²) < 4.78 is 40.7. The van der Waals surface area contributed by atoms with E-state index >= 15 is 0 Å². The maximum atomic E-state index is 12.2. The quantitative estimate of drug-likeness (QED) is 0.890. The molecule has 0 atom stereocenters. The van der Waals surface area contributed by atoms with Gasteiger partial charge in [0.2, 0.25) is 5.91 Å². The summed E-state index contributed by atoms with van der Waals surface area (Å²) in [6, 6.07) is 3.18. The zero-order valence-corrected chi connectivity index (χ0v) is 11.4. The number of imide groups is 1. The van der Waals surface area contributed by atoms with Gasteiger partial charge in [-0.05, 0) is 28.1 Å². The van der Waals surface area contributed by atoms with E-state index in [4.69, 9.17) is 0 Å². The third-order valence-electron chi connectivity index (χ3n) is 2.51. The van der Waals surface area contributed by atoms with Crippen molar-refractivity contribution in [2.45, 2.75) is 12.8 Å². The second-order valence-corrected chi connectivity index (χ2v) is 4.77. The van der Waals surface area contributed by atoms with Gasteiger partial charge < -0.3 is 4.74 Å². The van der Waals surface area contributed by atoms with Gasteiger partial charge in [0.25, 0.3) is 0 Å². The Morgan fingerprint density at radius 1 is 1.30 bits per heavy atom. The number of nitrogens with zero attached hydrogens (tertiary/aromatic N) is 1. The number of carbonyl (C=O) groups excluding carboxylic acids is 2. The van der Waals surface area contributed by atoms with Crippen LogP contribution in [0.5, 0.6) is 5.75 Å². The molecule has 1 N–H and O–H groups in total. The van der Waals surface area contributed by atoms with Gasteiger partial charge >= 0.3 is 12.4 Å². The Morgan fingerprint density at radius 2 is 2.00 bits per heavy atom. The van der Waals surface area contributed by atoms with Crippen LogP contribution in [0.3, 0.4) is 0 Å². The molecule has 0 spiro atoms. The molecule has 1 aliphatic rings. The SMILES string of the molecule is O=C1CCN(c2ccc(Br)c(OC(F)(F)F)c2)C(=O)N1. The molecule has 3 amide bonds. The van der Waals surface area contributed by atoms with Gasteiger partial charge in [0.15, 0.2) is 0 Å². The molecule has 2 rings (SSSR count). The molecule has 20 heavy (non-hydrogen) atoms. The van der Waals surface area contributed by atoms with Gasteiger partial charge in [-0.15, -0.1) is 13.2 Å². The Hall–Kier alpha value is -1.77. The number of alkyl halides is 3. The first-order valence-electron chi connectivity index (χ1n) is 5.43. The van der Waals surface area contributed by atoms with Crippen LogP contribution in [-0.4, -0.2) is 24.8 Å². The Bertz CT molecular complexity index is 562. The van der Waals surface area contributed by atoms with E-state index in [-0.39, 0.29) is 23.1 Å². The van der Waals surface area contributed by atoms with Crippen molar-refractivity contribution in [2.75, 3.05) is 11.4 Å². The predicted molar refractivity (Wildman–Crippen MR) is 66.3 cm³/mol. The minimum Gasteiger partial charge on any atom is -0.405 e. The maximum Gasteiger partial charge on any atom is 0.573 e. The van der Waals surface area contributed by atoms with Crippen LogP contribution in [0.2, 0.25) is 0 Å². The first kappa shape index (κ1) is 14.6. The predicted octanol–water partition coefficient (Wildman–Crippen LogP) is 2.79. The van der Waals surface area contributed by atoms with Crippen molar-refractivity contribution in [3.8, 4) is 5.75 Å². The highest BCUT2D eigenvalue weighted by Gasteiger charge is 2.32. The van der Waals surface area contributed by atoms with E-state index in [1.165, 1.54) is 12.1 Å². The standard InChI is InChI=1S/C11H8BrF3N2O3/c12-7-2-1-6(5-8(7)20-11(13,14)15)17-4-3-9(18)16-10(17)19/h1-2,5H,3-4H2,(H,16,18,19). The zero-order valence-electron chi connectivity index (χ0n) is 9.83. The summed E-state index contributed by atoms with van der Waals surface area (Å²) in [6.07, 6.45) is -4.75. The van der Waals surface area contributed by atoms with E-state index in [1.54, 1.807) is 0 Å². The third kappa shape index (κ3) is 3.41. The number of halogens is 4. The Kier molecular flexibility index (Phi) is 3.89. The first-order valence-corrected chi connectivity index (χ1v) is 6.22. The van der Waals surface area contributed by atoms with Crippen LogP contribution in [0.1, 0.15) is 6.42 Å². The number of amides is 3. The highest BCUT2D eigenvalue weighted by molar-refractivity contribution is 9.10. The van der Waals surface area contributed by atoms with Crippen LogP contribution in [0.4, 0.5) is 23.7 Å². The van der Waals surface area contributed by atoms with Crippen molar-refractivity contribution in [1.29, 1.82) is 0 Å². The van der Waals surface area contributed by atoms with Crippen LogP contribution >= 0.6 is 15.9 Å². The van der Waals surface area contributed by atoms with E-state index < -0.39 is 24.1 Å². The topological polar surface area (TPSA) is 58.6 Å². The minimum atomic E-state index is -4.83. The van der Waals surface area contributed by atoms with Gasteiger partial charge in [-0.3, -0.25) is 15.0 Å². The van der Waals surface area contributed by atoms with Gasteiger partial charge in [-0.2, -0.15) is 0 Å². The number of hydrogen-bond acceptors (Lipinski definition) is 3. The second-order valence-electron chi connectivity index (χ2n) is 3.92. The fraction of sp³-hybridized carbons (Fsp3) is 0.273. The molecule has 9 heteroatoms. The van der Waals surface area contributed by atoms with Gasteiger partial charge in [-0.25, -0.2) is 4.79 Å². The van der Waals surface area contributed by atoms with Crippen LogP contribution in [0, 0.1) is 0 Å². The van der Waals surface area contributed by atoms with Crippen molar-refractivity contribution >= 4 is 33.6 Å². The smallest absolute Gasteiger partial charge is 0.405 e. The summed E-state index contributed by atoms with van der Waals surface area (Å²) in [4.78, 5) is 23.8. The third-order valence-corrected chi connectivity index (χ3v) is 3.16. The molecule has 0 aromatic heterocycles. The van der Waals surface area contributed by atoms with E-state index in [0.29, 0.717) is 0 Å². The molecule has 0 saturated carbocycles. The van der Waals surface area contributed by atoms with Crippen molar-refractivity contribution in [3.05, 3.63) is 22.7 Å². The van der Waals surface area contributed by atoms with Crippen LogP contribution in [0.15, 0.2) is 22.7 Å². The zero-order chi connectivity index (χ0) is 14.9. The van der Waals surface area contributed by atoms with Crippen LogP contribution in [0.25, 0.3) is 0 Å². The number of rotatable bonds is 2. The van der Waals surface area contributed by atoms with Crippen LogP contribution < -0.4 is 15.0 Å². The molecule has 0 radical (unpaired) electrons. The van der Waals surface area contributed by atoms with E-state index in [1.807, 2.05) is 0 Å². The van der Waals surface area contributed by atoms with Crippen LogP contribution in [-0.2, 0) is 4.79 Å². The van der Waals surface area contributed by atoms with Crippen molar-refractivity contribution in [1.82, 2.24) is 5.32 Å². The highest BCUT2D eigenvalue weighted by Crippen LogP contribution is 2.34. The highest BCUT2D eigenvalue weighted by atomic mass is 79.9. The summed E-state index contributed by atoms with van der Waals surface area (Å²) in [5, 5.41) is 2.08. The van der Waals surface area contributed by atoms with Crippen molar-refractivity contribution in [2.24, 2.45) is 0 Å². The number of ether oxygens (including phenoxy) is 1. The Labute approximate surface area is 119 Å². The number of benzene rings is 1. The molecule has 0 unspecified atom stereocenters. The summed E-state index contributed by atoms with van der Waals surface area (Å²) >= 11 is 2.93. The molecule has 1 fully saturated rings. The number of carbonyl (C=O) groups is 2. The lowest BCUT2D eigenvalue weighted by Crippen LogP contribution is -2.49. The van der Waals surface area contributed by atoms with Gasteiger partial charge in [0, 0.05) is 24.7 Å². The monoisotopic (exact) mass is 352 g/mol. The van der Waals surface area contributed by atoms with Crippen molar-refractivity contribution in [3.63, 3.8) is 0 Å². The summed E-state index contributed by atoms with van der Waals surface area (Å²) in [5.74, 6) is -0.880. The largest absolute Gasteiger partial charge is 0.573 e. The summed E-state index contributed by atoms with van der Waals surface area (Å²) in [7, 11) is 0. The van der Waals surface area contributed by atoms with E-state index in [2.05, 4.69) is 26.0 Å². The maximum absolute atomic E-state index is 12.2. The molecule has 1 saturated heterocycles. The second kappa shape index (κ2) is 5.31. The summed E-state index contributed by atoms with van der Waals surface area (Å²) in [6.45, 7) is 0.0950. The molecule has 1 aliphatic heterocycles. The van der Waals surface area contributed by atoms with Gasteiger partial charge in [0.05, 0.1) is 4.47 Å². The molecule has 0 bridgehead atoms. The molecule has 5 nitrogen and oxygen atoms in total. The summed E-state index contributed by atoms with van der Waals surface area (Å²) in [5.41, 5.74) is 0.206. The molecular weight excluding hydrogens is 345 g/mol. The normalized spacial score (nSPS) is 16.1. The molecular formula is C11H8BrF3N2O3. The van der Waals surface area contributed by atoms with Gasteiger partial charge in [0.1, 0.15) is 5.75 Å². The lowest BCUT2D eigenvalue weighted by Gasteiger charge is -2.27. The van der Waals surface area contributed by atoms with Gasteiger partial charge in [-0.1, -0.05) is 0 Å². The molecule has 1 aromatic carbocycles. The lowest BCUT2D eigenvalue weighted by molar-refractivity contribution is -0.274. The Morgan fingerprint density at radius 3 is 2.60 bits per heavy atom. The average Bonchev–Trinajstić information content (AvgIpc) is 2.30. The number of nitrogens with one attached hydrogen (secondary N) is 1. The number of urea groups is 1. The molecule has 1 aromatic rings. The number of hydrogen-bond donors (Lipinski definition) is 1. The average molecular weight is 353 g/mol. The van der Waals surface area contributed by atoms with E-state index in [9.17, 15) is 22.8 Å². The van der Waals surface area contributed by atoms with E-state index in [0.717, 1.165) is 11.0 Å². The fourth-order valence-corrected chi connectivity index (χ4v) is 2.00. The fourth-order valence-electron chi connectivity index (χ4n) is 1.67.